The van der Waals surface area contributed by atoms with Crippen molar-refractivity contribution in [2.24, 2.45) is 0 Å². The second-order valence-corrected chi connectivity index (χ2v) is 8.66. The van der Waals surface area contributed by atoms with Crippen LogP contribution >= 0.6 is 69.6 Å². The molecule has 0 unspecified atom stereocenters. The van der Waals surface area contributed by atoms with Crippen molar-refractivity contribution in [3.05, 3.63) is 48.3 Å². The highest BCUT2D eigenvalue weighted by Crippen LogP contribution is 2.49. The van der Waals surface area contributed by atoms with E-state index in [1.165, 1.54) is 6.07 Å². The zero-order valence-corrected chi connectivity index (χ0v) is 16.1. The Morgan fingerprint density at radius 2 is 1.32 bits per heavy atom. The van der Waals surface area contributed by atoms with E-state index in [-0.39, 0.29) is 30.5 Å². The SMILES string of the molecule is CS(=O)(=O)c1c(Cl)c(Cl)c(-c2cc(Cl)ccc2Cl)c(Cl)c1Cl. The maximum absolute atomic E-state index is 11.8. The van der Waals surface area contributed by atoms with Crippen molar-refractivity contribution in [2.45, 2.75) is 4.90 Å². The van der Waals surface area contributed by atoms with Crippen LogP contribution < -0.4 is 0 Å². The Kier molecular flexibility index (Phi) is 5.51. The van der Waals surface area contributed by atoms with Gasteiger partial charge in [0, 0.05) is 27.4 Å². The second kappa shape index (κ2) is 6.56. The zero-order chi connectivity index (χ0) is 16.8. The fourth-order valence-corrected chi connectivity index (χ4v) is 5.11. The summed E-state index contributed by atoms with van der Waals surface area (Å²) in [6, 6.07) is 4.67. The molecule has 2 aromatic carbocycles. The monoisotopic (exact) mass is 436 g/mol. The lowest BCUT2D eigenvalue weighted by Crippen LogP contribution is -2.02. The van der Waals surface area contributed by atoms with Gasteiger partial charge in [0.2, 0.25) is 0 Å². The van der Waals surface area contributed by atoms with Gasteiger partial charge in [-0.15, -0.1) is 0 Å². The maximum atomic E-state index is 11.8. The van der Waals surface area contributed by atoms with Crippen LogP contribution in [0, 0.1) is 0 Å². The lowest BCUT2D eigenvalue weighted by atomic mass is 10.1. The summed E-state index contributed by atoms with van der Waals surface area (Å²) < 4.78 is 23.6. The Bertz CT molecular complexity index is 848. The van der Waals surface area contributed by atoms with Crippen LogP contribution in [0.5, 0.6) is 0 Å². The normalized spacial score (nSPS) is 11.8. The van der Waals surface area contributed by atoms with E-state index in [1.807, 2.05) is 0 Å². The molecule has 22 heavy (non-hydrogen) atoms. The molecule has 0 fully saturated rings. The third-order valence-electron chi connectivity index (χ3n) is 2.79. The molecule has 0 radical (unpaired) electrons. The van der Waals surface area contributed by atoms with Crippen LogP contribution in [0.15, 0.2) is 23.1 Å². The molecule has 0 amide bonds. The number of benzene rings is 2. The summed E-state index contributed by atoms with van der Waals surface area (Å²) in [5.74, 6) is 0. The third kappa shape index (κ3) is 3.32. The molecular formula is C13H6Cl6O2S. The first-order valence-corrected chi connectivity index (χ1v) is 9.73. The Hall–Kier alpha value is 0.130. The van der Waals surface area contributed by atoms with Crippen LogP contribution in [-0.2, 0) is 9.84 Å². The molecule has 0 aliphatic carbocycles. The first kappa shape index (κ1) is 18.5. The van der Waals surface area contributed by atoms with Crippen LogP contribution in [0.4, 0.5) is 0 Å². The van der Waals surface area contributed by atoms with Crippen LogP contribution in [0.25, 0.3) is 11.1 Å². The predicted molar refractivity (Wildman–Crippen MR) is 95.0 cm³/mol. The lowest BCUT2D eigenvalue weighted by molar-refractivity contribution is 0.602. The minimum atomic E-state index is -3.72. The quantitative estimate of drug-likeness (QED) is 0.490. The molecule has 0 heterocycles. The Balaban J connectivity index is 2.95. The van der Waals surface area contributed by atoms with Gasteiger partial charge in [-0.25, -0.2) is 8.42 Å². The fraction of sp³-hybridized carbons (Fsp3) is 0.0769. The summed E-state index contributed by atoms with van der Waals surface area (Å²) in [7, 11) is -3.72. The van der Waals surface area contributed by atoms with Gasteiger partial charge in [0.05, 0.1) is 20.1 Å². The van der Waals surface area contributed by atoms with E-state index in [4.69, 9.17) is 69.6 Å². The maximum Gasteiger partial charge on any atom is 0.178 e. The van der Waals surface area contributed by atoms with Crippen molar-refractivity contribution >= 4 is 79.4 Å². The van der Waals surface area contributed by atoms with Crippen LogP contribution in [-0.4, -0.2) is 14.7 Å². The molecule has 2 rings (SSSR count). The molecule has 0 atom stereocenters. The summed E-state index contributed by atoms with van der Waals surface area (Å²) in [6.07, 6.45) is 0.957. The number of halogens is 6. The molecule has 0 aliphatic rings. The van der Waals surface area contributed by atoms with E-state index in [2.05, 4.69) is 0 Å². The average molecular weight is 439 g/mol. The van der Waals surface area contributed by atoms with E-state index in [9.17, 15) is 8.42 Å². The number of sulfone groups is 1. The first-order valence-electron chi connectivity index (χ1n) is 5.57. The van der Waals surface area contributed by atoms with Crippen LogP contribution in [0.2, 0.25) is 30.1 Å². The van der Waals surface area contributed by atoms with Gasteiger partial charge < -0.3 is 0 Å². The largest absolute Gasteiger partial charge is 0.224 e. The molecule has 0 N–H and O–H groups in total. The molecular weight excluding hydrogens is 433 g/mol. The molecule has 0 spiro atoms. The highest BCUT2D eigenvalue weighted by Gasteiger charge is 2.27. The minimum Gasteiger partial charge on any atom is -0.224 e. The average Bonchev–Trinajstić information content (AvgIpc) is 2.39. The van der Waals surface area contributed by atoms with Crippen molar-refractivity contribution in [3.8, 4) is 11.1 Å². The Morgan fingerprint density at radius 1 is 0.818 bits per heavy atom. The zero-order valence-electron chi connectivity index (χ0n) is 10.7. The number of rotatable bonds is 2. The molecule has 2 aromatic rings. The van der Waals surface area contributed by atoms with Gasteiger partial charge in [-0.2, -0.15) is 0 Å². The lowest BCUT2D eigenvalue weighted by Gasteiger charge is -2.16. The summed E-state index contributed by atoms with van der Waals surface area (Å²) in [4.78, 5) is -0.326. The predicted octanol–water partition coefficient (Wildman–Crippen LogP) is 6.68. The van der Waals surface area contributed by atoms with Gasteiger partial charge >= 0.3 is 0 Å². The standard InChI is InChI=1S/C13H6Cl6O2S/c1-22(20,21)13-11(18)9(16)8(10(17)12(13)19)6-4-5(14)2-3-7(6)15/h2-4H,1H3. The van der Waals surface area contributed by atoms with Crippen molar-refractivity contribution in [1.29, 1.82) is 0 Å². The van der Waals surface area contributed by atoms with Crippen molar-refractivity contribution in [2.75, 3.05) is 6.26 Å². The second-order valence-electron chi connectivity index (χ2n) is 4.36. The Labute approximate surface area is 157 Å². The molecule has 0 saturated carbocycles. The molecule has 0 saturated heterocycles. The van der Waals surface area contributed by atoms with Gasteiger partial charge in [0.1, 0.15) is 4.90 Å². The fourth-order valence-electron chi connectivity index (χ4n) is 1.86. The van der Waals surface area contributed by atoms with Gasteiger partial charge in [-0.05, 0) is 18.2 Å². The van der Waals surface area contributed by atoms with Gasteiger partial charge in [0.25, 0.3) is 0 Å². The Morgan fingerprint density at radius 3 is 1.77 bits per heavy atom. The third-order valence-corrected chi connectivity index (χ3v) is 6.44. The number of hydrogen-bond acceptors (Lipinski definition) is 2. The van der Waals surface area contributed by atoms with Crippen molar-refractivity contribution in [1.82, 2.24) is 0 Å². The molecule has 0 aromatic heterocycles. The van der Waals surface area contributed by atoms with Gasteiger partial charge in [0.15, 0.2) is 9.84 Å². The van der Waals surface area contributed by atoms with Gasteiger partial charge in [-0.1, -0.05) is 69.6 Å². The summed E-state index contributed by atoms with van der Waals surface area (Å²) >= 11 is 36.6. The van der Waals surface area contributed by atoms with Crippen molar-refractivity contribution < 1.29 is 8.42 Å². The molecule has 118 valence electrons. The van der Waals surface area contributed by atoms with E-state index in [0.29, 0.717) is 15.6 Å². The summed E-state index contributed by atoms with van der Waals surface area (Å²) in [5, 5.41) is 0.133. The van der Waals surface area contributed by atoms with E-state index in [0.717, 1.165) is 6.26 Å². The molecule has 2 nitrogen and oxygen atoms in total. The van der Waals surface area contributed by atoms with E-state index >= 15 is 0 Å². The molecule has 0 aliphatic heterocycles. The summed E-state index contributed by atoms with van der Waals surface area (Å²) in [5.41, 5.74) is 0.617. The molecule has 0 bridgehead atoms. The smallest absolute Gasteiger partial charge is 0.178 e. The van der Waals surface area contributed by atoms with E-state index in [1.54, 1.807) is 12.1 Å². The van der Waals surface area contributed by atoms with Crippen LogP contribution in [0.1, 0.15) is 0 Å². The first-order chi connectivity index (χ1) is 10.1. The topological polar surface area (TPSA) is 34.1 Å². The molecule has 9 heteroatoms. The minimum absolute atomic E-state index is 0.0688. The van der Waals surface area contributed by atoms with Gasteiger partial charge in [-0.3, -0.25) is 0 Å². The van der Waals surface area contributed by atoms with Crippen LogP contribution in [0.3, 0.4) is 0 Å². The van der Waals surface area contributed by atoms with E-state index < -0.39 is 9.84 Å². The van der Waals surface area contributed by atoms with Crippen molar-refractivity contribution in [3.63, 3.8) is 0 Å². The highest BCUT2D eigenvalue weighted by atomic mass is 35.5. The summed E-state index contributed by atoms with van der Waals surface area (Å²) in [6.45, 7) is 0. The highest BCUT2D eigenvalue weighted by molar-refractivity contribution is 7.91. The number of hydrogen-bond donors (Lipinski definition) is 0.